The molecule has 1 aliphatic heterocycles. The molecular formula is C17H18FN5O. The lowest BCUT2D eigenvalue weighted by Crippen LogP contribution is -2.22. The number of fused-ring (bicyclic) bond motifs is 2. The number of amides is 1. The van der Waals surface area contributed by atoms with E-state index >= 15 is 0 Å². The number of carbonyl (C=O) groups excluding carboxylic acids is 1. The van der Waals surface area contributed by atoms with Gasteiger partial charge >= 0.3 is 0 Å². The van der Waals surface area contributed by atoms with Crippen molar-refractivity contribution in [3.05, 3.63) is 35.2 Å². The van der Waals surface area contributed by atoms with Gasteiger partial charge in [-0.25, -0.2) is 19.3 Å². The first-order valence-electron chi connectivity index (χ1n) is 7.96. The van der Waals surface area contributed by atoms with E-state index in [4.69, 9.17) is 0 Å². The minimum atomic E-state index is -0.401. The number of hydrogen-bond donors (Lipinski definition) is 1. The lowest BCUT2D eigenvalue weighted by Gasteiger charge is -2.20. The fourth-order valence-electron chi connectivity index (χ4n) is 3.43. The van der Waals surface area contributed by atoms with Crippen LogP contribution in [-0.2, 0) is 10.2 Å². The number of carbonyl (C=O) groups is 1. The van der Waals surface area contributed by atoms with Crippen molar-refractivity contribution in [2.24, 2.45) is 0 Å². The molecule has 6 nitrogen and oxygen atoms in total. The van der Waals surface area contributed by atoms with Gasteiger partial charge < -0.3 is 10.2 Å². The van der Waals surface area contributed by atoms with E-state index in [0.717, 1.165) is 24.1 Å². The van der Waals surface area contributed by atoms with E-state index in [9.17, 15) is 9.18 Å². The number of anilines is 3. The van der Waals surface area contributed by atoms with Gasteiger partial charge in [0.1, 0.15) is 11.6 Å². The van der Waals surface area contributed by atoms with Crippen LogP contribution >= 0.6 is 0 Å². The topological polar surface area (TPSA) is 71.0 Å². The average molecular weight is 327 g/mol. The highest BCUT2D eigenvalue weighted by Gasteiger charge is 2.53. The number of aromatic nitrogens is 3. The van der Waals surface area contributed by atoms with Gasteiger partial charge in [-0.05, 0) is 26.7 Å². The molecule has 4 rings (SSSR count). The molecule has 0 saturated heterocycles. The molecule has 3 heterocycles. The van der Waals surface area contributed by atoms with Crippen LogP contribution in [0, 0.1) is 19.7 Å². The number of halogens is 1. The van der Waals surface area contributed by atoms with Crippen LogP contribution in [0.1, 0.15) is 36.8 Å². The first kappa shape index (κ1) is 15.0. The molecule has 1 aliphatic carbocycles. The molecule has 2 aromatic rings. The average Bonchev–Trinajstić information content (AvgIpc) is 3.21. The molecule has 0 unspecified atom stereocenters. The molecule has 0 bridgehead atoms. The minimum absolute atomic E-state index is 0.0380. The number of rotatable bonds is 2. The fraction of sp³-hybridized carbons (Fsp3) is 0.412. The second-order valence-electron chi connectivity index (χ2n) is 6.63. The second kappa shape index (κ2) is 4.96. The van der Waals surface area contributed by atoms with Gasteiger partial charge in [0.05, 0.1) is 11.4 Å². The monoisotopic (exact) mass is 327 g/mol. The van der Waals surface area contributed by atoms with E-state index in [2.05, 4.69) is 20.3 Å². The van der Waals surface area contributed by atoms with E-state index < -0.39 is 5.82 Å². The van der Waals surface area contributed by atoms with E-state index in [-0.39, 0.29) is 11.3 Å². The normalized spacial score (nSPS) is 17.1. The Labute approximate surface area is 139 Å². The number of hydrogen-bond acceptors (Lipinski definition) is 5. The zero-order valence-corrected chi connectivity index (χ0v) is 13.9. The Kier molecular flexibility index (Phi) is 3.10. The lowest BCUT2D eigenvalue weighted by molar-refractivity contribution is -0.114. The summed E-state index contributed by atoms with van der Waals surface area (Å²) in [7, 11) is 0. The third-order valence-electron chi connectivity index (χ3n) is 4.73. The molecular weight excluding hydrogens is 309 g/mol. The number of nitrogens with one attached hydrogen (secondary N) is 1. The van der Waals surface area contributed by atoms with E-state index in [1.165, 1.54) is 6.92 Å². The van der Waals surface area contributed by atoms with Crippen molar-refractivity contribution < 1.29 is 9.18 Å². The maximum absolute atomic E-state index is 14.7. The van der Waals surface area contributed by atoms with Crippen LogP contribution in [0.25, 0.3) is 0 Å². The van der Waals surface area contributed by atoms with Gasteiger partial charge in [0.25, 0.3) is 0 Å². The van der Waals surface area contributed by atoms with E-state index in [1.807, 2.05) is 4.90 Å². The molecule has 1 fully saturated rings. The summed E-state index contributed by atoms with van der Waals surface area (Å²) in [5, 5.41) is 2.69. The smallest absolute Gasteiger partial charge is 0.222 e. The summed E-state index contributed by atoms with van der Waals surface area (Å²) < 4.78 is 14.7. The molecule has 2 aromatic heterocycles. The second-order valence-corrected chi connectivity index (χ2v) is 6.63. The Balaban J connectivity index is 1.84. The third-order valence-corrected chi connectivity index (χ3v) is 4.73. The Morgan fingerprint density at radius 2 is 2.08 bits per heavy atom. The van der Waals surface area contributed by atoms with Crippen molar-refractivity contribution >= 4 is 23.2 Å². The predicted octanol–water partition coefficient (Wildman–Crippen LogP) is 2.77. The van der Waals surface area contributed by atoms with Crippen LogP contribution < -0.4 is 10.2 Å². The van der Waals surface area contributed by atoms with Crippen LogP contribution in [0.5, 0.6) is 0 Å². The summed E-state index contributed by atoms with van der Waals surface area (Å²) in [5.74, 6) is 0.713. The molecule has 1 saturated carbocycles. The van der Waals surface area contributed by atoms with Gasteiger partial charge in [0, 0.05) is 36.7 Å². The standard InChI is InChI=1S/C17H18FN5O/c1-9-15(18)16(21-10(2)20-9)23-8-17(4-5-17)12-7-19-14(6-13(12)23)22-11(3)24/h6-7H,4-5,8H2,1-3H3,(H,19,22,24). The van der Waals surface area contributed by atoms with Gasteiger partial charge in [-0.3, -0.25) is 4.79 Å². The van der Waals surface area contributed by atoms with Crippen LogP contribution in [0.4, 0.5) is 21.7 Å². The number of aryl methyl sites for hydroxylation is 2. The van der Waals surface area contributed by atoms with Gasteiger partial charge in [-0.1, -0.05) is 0 Å². The van der Waals surface area contributed by atoms with Crippen molar-refractivity contribution in [1.82, 2.24) is 15.0 Å². The summed E-state index contributed by atoms with van der Waals surface area (Å²) >= 11 is 0. The largest absolute Gasteiger partial charge is 0.322 e. The minimum Gasteiger partial charge on any atom is -0.322 e. The Morgan fingerprint density at radius 1 is 1.33 bits per heavy atom. The van der Waals surface area contributed by atoms with Crippen molar-refractivity contribution in [2.75, 3.05) is 16.8 Å². The predicted molar refractivity (Wildman–Crippen MR) is 87.9 cm³/mol. The highest BCUT2D eigenvalue weighted by Crippen LogP contribution is 2.58. The molecule has 124 valence electrons. The molecule has 0 radical (unpaired) electrons. The van der Waals surface area contributed by atoms with Crippen LogP contribution in [0.2, 0.25) is 0 Å². The highest BCUT2D eigenvalue weighted by atomic mass is 19.1. The number of nitrogens with zero attached hydrogens (tertiary/aromatic N) is 4. The number of pyridine rings is 1. The Hall–Kier alpha value is -2.57. The maximum atomic E-state index is 14.7. The van der Waals surface area contributed by atoms with Gasteiger partial charge in [0.2, 0.25) is 5.91 Å². The Morgan fingerprint density at radius 3 is 2.75 bits per heavy atom. The Bertz CT molecular complexity index is 862. The lowest BCUT2D eigenvalue weighted by atomic mass is 10.0. The van der Waals surface area contributed by atoms with Gasteiger partial charge in [-0.2, -0.15) is 0 Å². The summed E-state index contributed by atoms with van der Waals surface area (Å²) in [6.45, 7) is 5.52. The first-order valence-corrected chi connectivity index (χ1v) is 7.96. The van der Waals surface area contributed by atoms with Crippen LogP contribution in [0.3, 0.4) is 0 Å². The van der Waals surface area contributed by atoms with Crippen molar-refractivity contribution in [1.29, 1.82) is 0 Å². The highest BCUT2D eigenvalue weighted by molar-refractivity contribution is 5.89. The summed E-state index contributed by atoms with van der Waals surface area (Å²) in [6.07, 6.45) is 3.91. The first-order chi connectivity index (χ1) is 11.4. The van der Waals surface area contributed by atoms with Crippen molar-refractivity contribution in [3.63, 3.8) is 0 Å². The SMILES string of the molecule is CC(=O)Nc1cc2c(cn1)C1(CC1)CN2c1nc(C)nc(C)c1F. The van der Waals surface area contributed by atoms with Crippen molar-refractivity contribution in [2.45, 2.75) is 39.0 Å². The molecule has 24 heavy (non-hydrogen) atoms. The van der Waals surface area contributed by atoms with Gasteiger partial charge in [-0.15, -0.1) is 0 Å². The molecule has 1 amide bonds. The van der Waals surface area contributed by atoms with Crippen LogP contribution in [0.15, 0.2) is 12.3 Å². The van der Waals surface area contributed by atoms with Crippen molar-refractivity contribution in [3.8, 4) is 0 Å². The molecule has 1 N–H and O–H groups in total. The molecule has 0 atom stereocenters. The quantitative estimate of drug-likeness (QED) is 0.918. The van der Waals surface area contributed by atoms with E-state index in [1.54, 1.807) is 26.1 Å². The zero-order valence-electron chi connectivity index (χ0n) is 13.9. The molecule has 0 aromatic carbocycles. The fourth-order valence-corrected chi connectivity index (χ4v) is 3.43. The molecule has 7 heteroatoms. The summed E-state index contributed by atoms with van der Waals surface area (Å²) in [4.78, 5) is 25.9. The molecule has 1 spiro atoms. The third kappa shape index (κ3) is 2.23. The van der Waals surface area contributed by atoms with E-state index in [0.29, 0.717) is 29.7 Å². The zero-order chi connectivity index (χ0) is 17.1. The summed E-state index contributed by atoms with van der Waals surface area (Å²) in [5.41, 5.74) is 2.34. The van der Waals surface area contributed by atoms with Crippen LogP contribution in [-0.4, -0.2) is 27.4 Å². The van der Waals surface area contributed by atoms with Gasteiger partial charge in [0.15, 0.2) is 11.6 Å². The summed E-state index contributed by atoms with van der Waals surface area (Å²) in [6, 6.07) is 1.80. The molecule has 2 aliphatic rings. The maximum Gasteiger partial charge on any atom is 0.222 e.